The third kappa shape index (κ3) is 2.48. The van der Waals surface area contributed by atoms with Gasteiger partial charge in [-0.3, -0.25) is 4.98 Å². The van der Waals surface area contributed by atoms with E-state index in [1.165, 1.54) is 11.3 Å². The molecule has 0 bridgehead atoms. The van der Waals surface area contributed by atoms with E-state index >= 15 is 0 Å². The summed E-state index contributed by atoms with van der Waals surface area (Å²) in [5.41, 5.74) is 1.73. The number of hydrogen-bond donors (Lipinski definition) is 1. The second kappa shape index (κ2) is 5.23. The lowest BCUT2D eigenvalue weighted by Gasteiger charge is -2.09. The van der Waals surface area contributed by atoms with E-state index in [2.05, 4.69) is 21.5 Å². The Morgan fingerprint density at radius 2 is 2.44 bits per heavy atom. The maximum Gasteiger partial charge on any atom is 0.111 e. The van der Waals surface area contributed by atoms with Crippen molar-refractivity contribution >= 4 is 11.3 Å². The van der Waals surface area contributed by atoms with Crippen LogP contribution in [0.2, 0.25) is 0 Å². The van der Waals surface area contributed by atoms with Gasteiger partial charge in [-0.25, -0.2) is 4.98 Å². The minimum Gasteiger partial charge on any atom is -0.387 e. The molecule has 0 radical (unpaired) electrons. The summed E-state index contributed by atoms with van der Waals surface area (Å²) >= 11 is 1.47. The number of aliphatic hydroxyl groups is 1. The molecular formula is C11H15N3OS. The van der Waals surface area contributed by atoms with Crippen molar-refractivity contribution in [1.29, 1.82) is 0 Å². The van der Waals surface area contributed by atoms with E-state index in [1.807, 2.05) is 6.20 Å². The van der Waals surface area contributed by atoms with Crippen molar-refractivity contribution in [1.82, 2.24) is 14.5 Å². The molecule has 86 valence electrons. The average molecular weight is 237 g/mol. The lowest BCUT2D eigenvalue weighted by molar-refractivity contribution is 0.178. The molecule has 1 atom stereocenters. The maximum atomic E-state index is 9.99. The van der Waals surface area contributed by atoms with Gasteiger partial charge in [0.2, 0.25) is 0 Å². The van der Waals surface area contributed by atoms with E-state index < -0.39 is 6.10 Å². The fraction of sp³-hybridized carbons (Fsp3) is 0.455. The Hall–Kier alpha value is -1.20. The summed E-state index contributed by atoms with van der Waals surface area (Å²) in [7, 11) is 0. The van der Waals surface area contributed by atoms with Crippen molar-refractivity contribution in [2.45, 2.75) is 32.4 Å². The van der Waals surface area contributed by atoms with Crippen molar-refractivity contribution in [2.75, 3.05) is 0 Å². The SMILES string of the molecule is CCCn1ccnc1CC(O)c1cncs1. The molecule has 1 unspecified atom stereocenters. The predicted molar refractivity (Wildman–Crippen MR) is 63.3 cm³/mol. The zero-order valence-electron chi connectivity index (χ0n) is 9.21. The predicted octanol–water partition coefficient (Wildman–Crippen LogP) is 2.03. The molecule has 2 rings (SSSR count). The van der Waals surface area contributed by atoms with Crippen molar-refractivity contribution < 1.29 is 5.11 Å². The van der Waals surface area contributed by atoms with Crippen LogP contribution >= 0.6 is 11.3 Å². The van der Waals surface area contributed by atoms with Gasteiger partial charge in [0.15, 0.2) is 0 Å². The second-order valence-electron chi connectivity index (χ2n) is 3.66. The number of aryl methyl sites for hydroxylation is 1. The second-order valence-corrected chi connectivity index (χ2v) is 4.58. The van der Waals surface area contributed by atoms with E-state index in [9.17, 15) is 5.11 Å². The zero-order chi connectivity index (χ0) is 11.4. The van der Waals surface area contributed by atoms with Gasteiger partial charge in [-0.15, -0.1) is 11.3 Å². The first-order valence-electron chi connectivity index (χ1n) is 5.37. The van der Waals surface area contributed by atoms with Gasteiger partial charge >= 0.3 is 0 Å². The summed E-state index contributed by atoms with van der Waals surface area (Å²) < 4.78 is 2.09. The van der Waals surface area contributed by atoms with E-state index in [4.69, 9.17) is 0 Å². The van der Waals surface area contributed by atoms with Gasteiger partial charge in [-0.05, 0) is 6.42 Å². The molecule has 5 heteroatoms. The highest BCUT2D eigenvalue weighted by atomic mass is 32.1. The van der Waals surface area contributed by atoms with Crippen LogP contribution in [0.15, 0.2) is 24.1 Å². The van der Waals surface area contributed by atoms with E-state index in [0.717, 1.165) is 23.7 Å². The van der Waals surface area contributed by atoms with E-state index in [0.29, 0.717) is 6.42 Å². The van der Waals surface area contributed by atoms with Gasteiger partial charge in [0, 0.05) is 31.6 Å². The van der Waals surface area contributed by atoms with Crippen molar-refractivity contribution in [3.05, 3.63) is 34.8 Å². The topological polar surface area (TPSA) is 50.9 Å². The maximum absolute atomic E-state index is 9.99. The average Bonchev–Trinajstić information content (AvgIpc) is 2.90. The monoisotopic (exact) mass is 237 g/mol. The molecule has 2 aromatic heterocycles. The molecule has 0 aliphatic carbocycles. The summed E-state index contributed by atoms with van der Waals surface area (Å²) in [6.07, 6.45) is 6.57. The molecule has 0 amide bonds. The minimum atomic E-state index is -0.495. The highest BCUT2D eigenvalue weighted by Gasteiger charge is 2.13. The van der Waals surface area contributed by atoms with Crippen LogP contribution < -0.4 is 0 Å². The molecule has 2 heterocycles. The molecule has 0 aliphatic rings. The summed E-state index contributed by atoms with van der Waals surface area (Å²) in [6, 6.07) is 0. The normalized spacial score (nSPS) is 12.9. The number of hydrogen-bond acceptors (Lipinski definition) is 4. The number of nitrogens with zero attached hydrogens (tertiary/aromatic N) is 3. The van der Waals surface area contributed by atoms with Crippen LogP contribution in [0.5, 0.6) is 0 Å². The van der Waals surface area contributed by atoms with Gasteiger partial charge < -0.3 is 9.67 Å². The van der Waals surface area contributed by atoms with Crippen LogP contribution in [0.4, 0.5) is 0 Å². The third-order valence-corrected chi connectivity index (χ3v) is 3.30. The first-order chi connectivity index (χ1) is 7.81. The Labute approximate surface area is 98.6 Å². The van der Waals surface area contributed by atoms with Crippen LogP contribution in [0.25, 0.3) is 0 Å². The van der Waals surface area contributed by atoms with Crippen molar-refractivity contribution in [3.63, 3.8) is 0 Å². The molecule has 0 aromatic carbocycles. The Kier molecular flexibility index (Phi) is 3.69. The van der Waals surface area contributed by atoms with Crippen LogP contribution in [0.3, 0.4) is 0 Å². The van der Waals surface area contributed by atoms with Crippen molar-refractivity contribution in [3.8, 4) is 0 Å². The Morgan fingerprint density at radius 1 is 1.56 bits per heavy atom. The van der Waals surface area contributed by atoms with Gasteiger partial charge in [0.25, 0.3) is 0 Å². The quantitative estimate of drug-likeness (QED) is 0.865. The molecule has 0 aliphatic heterocycles. The first kappa shape index (κ1) is 11.3. The third-order valence-electron chi connectivity index (χ3n) is 2.42. The summed E-state index contributed by atoms with van der Waals surface area (Å²) in [4.78, 5) is 9.13. The molecule has 0 saturated heterocycles. The Morgan fingerprint density at radius 3 is 3.12 bits per heavy atom. The summed E-state index contributed by atoms with van der Waals surface area (Å²) in [5, 5.41) is 9.99. The lowest BCUT2D eigenvalue weighted by Crippen LogP contribution is -2.08. The molecule has 1 N–H and O–H groups in total. The van der Waals surface area contributed by atoms with Crippen LogP contribution in [0, 0.1) is 0 Å². The lowest BCUT2D eigenvalue weighted by atomic mass is 10.2. The number of imidazole rings is 1. The summed E-state index contributed by atoms with van der Waals surface area (Å²) in [6.45, 7) is 3.08. The summed E-state index contributed by atoms with van der Waals surface area (Å²) in [5.74, 6) is 0.933. The van der Waals surface area contributed by atoms with Crippen LogP contribution in [-0.2, 0) is 13.0 Å². The van der Waals surface area contributed by atoms with Gasteiger partial charge in [-0.2, -0.15) is 0 Å². The van der Waals surface area contributed by atoms with E-state index in [-0.39, 0.29) is 0 Å². The minimum absolute atomic E-state index is 0.495. The number of rotatable bonds is 5. The van der Waals surface area contributed by atoms with Crippen LogP contribution in [-0.4, -0.2) is 19.6 Å². The van der Waals surface area contributed by atoms with Crippen LogP contribution in [0.1, 0.15) is 30.2 Å². The molecule has 0 fully saturated rings. The molecular weight excluding hydrogens is 222 g/mol. The smallest absolute Gasteiger partial charge is 0.111 e. The molecule has 2 aromatic rings. The largest absolute Gasteiger partial charge is 0.387 e. The number of aliphatic hydroxyl groups excluding tert-OH is 1. The van der Waals surface area contributed by atoms with E-state index in [1.54, 1.807) is 17.9 Å². The zero-order valence-corrected chi connectivity index (χ0v) is 10.0. The Balaban J connectivity index is 2.06. The fourth-order valence-corrected chi connectivity index (χ4v) is 2.24. The van der Waals surface area contributed by atoms with Gasteiger partial charge in [-0.1, -0.05) is 6.92 Å². The number of aromatic nitrogens is 3. The highest BCUT2D eigenvalue weighted by molar-refractivity contribution is 7.09. The van der Waals surface area contributed by atoms with Gasteiger partial charge in [0.1, 0.15) is 5.82 Å². The van der Waals surface area contributed by atoms with Gasteiger partial charge in [0.05, 0.1) is 16.5 Å². The first-order valence-corrected chi connectivity index (χ1v) is 6.25. The number of thiazole rings is 1. The molecule has 0 saturated carbocycles. The van der Waals surface area contributed by atoms with Crippen molar-refractivity contribution in [2.24, 2.45) is 0 Å². The standard InChI is InChI=1S/C11H15N3OS/c1-2-4-14-5-3-13-11(14)6-9(15)10-7-12-8-16-10/h3,5,7-9,15H,2,4,6H2,1H3. The molecule has 4 nitrogen and oxygen atoms in total. The fourth-order valence-electron chi connectivity index (χ4n) is 1.64. The molecule has 16 heavy (non-hydrogen) atoms. The highest BCUT2D eigenvalue weighted by Crippen LogP contribution is 2.20. The molecule has 0 spiro atoms. The Bertz CT molecular complexity index is 424.